The number of amides is 4. The van der Waals surface area contributed by atoms with Crippen molar-refractivity contribution in [1.29, 1.82) is 0 Å². The van der Waals surface area contributed by atoms with Crippen molar-refractivity contribution in [2.45, 2.75) is 82.8 Å². The first-order valence-electron chi connectivity index (χ1n) is 10.5. The van der Waals surface area contributed by atoms with Crippen molar-refractivity contribution < 1.29 is 19.1 Å². The molecule has 0 atom stereocenters. The molecule has 7 nitrogen and oxygen atoms in total. The standard InChI is InChI=1S/C20H33N3O4/c1-15-8-10-20(11-9-15)18(25)23(19(26)22-20)14-17(24)21-12-5-13-27-16-6-3-2-4-7-16/h15-16H,2-14H2,1H3,(H,21,24)(H,22,26). The Hall–Kier alpha value is -1.63. The van der Waals surface area contributed by atoms with Crippen LogP contribution in [0.4, 0.5) is 4.79 Å². The van der Waals surface area contributed by atoms with Gasteiger partial charge in [-0.2, -0.15) is 0 Å². The smallest absolute Gasteiger partial charge is 0.325 e. The molecule has 2 aliphatic carbocycles. The fraction of sp³-hybridized carbons (Fsp3) is 0.850. The highest BCUT2D eigenvalue weighted by Gasteiger charge is 2.52. The van der Waals surface area contributed by atoms with E-state index in [0.29, 0.717) is 38.0 Å². The highest BCUT2D eigenvalue weighted by molar-refractivity contribution is 6.09. The van der Waals surface area contributed by atoms with Crippen LogP contribution in [-0.4, -0.2) is 54.1 Å². The van der Waals surface area contributed by atoms with E-state index in [4.69, 9.17) is 4.74 Å². The van der Waals surface area contributed by atoms with E-state index < -0.39 is 11.6 Å². The molecule has 0 aromatic rings. The summed E-state index contributed by atoms with van der Waals surface area (Å²) in [5.41, 5.74) is -0.780. The van der Waals surface area contributed by atoms with Gasteiger partial charge in [0.2, 0.25) is 5.91 Å². The molecule has 4 amide bonds. The Labute approximate surface area is 161 Å². The third kappa shape index (κ3) is 5.00. The summed E-state index contributed by atoms with van der Waals surface area (Å²) in [7, 11) is 0. The summed E-state index contributed by atoms with van der Waals surface area (Å²) in [6.07, 6.45) is 10.3. The second-order valence-corrected chi connectivity index (χ2v) is 8.42. The van der Waals surface area contributed by atoms with Crippen molar-refractivity contribution in [3.8, 4) is 0 Å². The van der Waals surface area contributed by atoms with Crippen LogP contribution in [0.1, 0.15) is 71.1 Å². The normalized spacial score (nSPS) is 29.2. The molecule has 1 aliphatic heterocycles. The van der Waals surface area contributed by atoms with Crippen LogP contribution in [0.3, 0.4) is 0 Å². The van der Waals surface area contributed by atoms with Crippen molar-refractivity contribution in [1.82, 2.24) is 15.5 Å². The van der Waals surface area contributed by atoms with Gasteiger partial charge >= 0.3 is 6.03 Å². The number of ether oxygens (including phenoxy) is 1. The van der Waals surface area contributed by atoms with Crippen LogP contribution >= 0.6 is 0 Å². The van der Waals surface area contributed by atoms with Gasteiger partial charge in [-0.1, -0.05) is 26.2 Å². The van der Waals surface area contributed by atoms with E-state index in [9.17, 15) is 14.4 Å². The SMILES string of the molecule is CC1CCC2(CC1)NC(=O)N(CC(=O)NCCCOC1CCCCC1)C2=O. The minimum atomic E-state index is -0.780. The number of carbonyl (C=O) groups is 3. The number of hydrogen-bond acceptors (Lipinski definition) is 4. The summed E-state index contributed by atoms with van der Waals surface area (Å²) in [5, 5.41) is 5.64. The molecule has 2 saturated carbocycles. The summed E-state index contributed by atoms with van der Waals surface area (Å²) in [4.78, 5) is 38.2. The van der Waals surface area contributed by atoms with E-state index in [1.165, 1.54) is 19.3 Å². The Kier molecular flexibility index (Phi) is 6.73. The third-order valence-electron chi connectivity index (χ3n) is 6.22. The van der Waals surface area contributed by atoms with Gasteiger partial charge in [0.25, 0.3) is 5.91 Å². The summed E-state index contributed by atoms with van der Waals surface area (Å²) in [6, 6.07) is -0.440. The first-order chi connectivity index (χ1) is 13.0. The van der Waals surface area contributed by atoms with Crippen LogP contribution in [0.25, 0.3) is 0 Å². The van der Waals surface area contributed by atoms with E-state index in [1.54, 1.807) is 0 Å². The number of nitrogens with zero attached hydrogens (tertiary/aromatic N) is 1. The van der Waals surface area contributed by atoms with E-state index in [0.717, 1.165) is 37.0 Å². The van der Waals surface area contributed by atoms with Gasteiger partial charge in [-0.25, -0.2) is 4.79 Å². The fourth-order valence-electron chi connectivity index (χ4n) is 4.39. The molecular formula is C20H33N3O4. The quantitative estimate of drug-likeness (QED) is 0.525. The summed E-state index contributed by atoms with van der Waals surface area (Å²) < 4.78 is 5.84. The van der Waals surface area contributed by atoms with Gasteiger partial charge in [0.15, 0.2) is 0 Å². The molecule has 0 aromatic carbocycles. The Morgan fingerprint density at radius 1 is 1.19 bits per heavy atom. The van der Waals surface area contributed by atoms with E-state index in [2.05, 4.69) is 17.6 Å². The average Bonchev–Trinajstić information content (AvgIpc) is 2.89. The number of urea groups is 1. The van der Waals surface area contributed by atoms with Crippen LogP contribution in [0.5, 0.6) is 0 Å². The van der Waals surface area contributed by atoms with Gasteiger partial charge in [0, 0.05) is 13.2 Å². The fourth-order valence-corrected chi connectivity index (χ4v) is 4.39. The van der Waals surface area contributed by atoms with Gasteiger partial charge in [-0.05, 0) is 50.9 Å². The molecule has 3 aliphatic rings. The molecular weight excluding hydrogens is 346 g/mol. The van der Waals surface area contributed by atoms with Crippen LogP contribution < -0.4 is 10.6 Å². The van der Waals surface area contributed by atoms with Gasteiger partial charge in [0.1, 0.15) is 12.1 Å². The zero-order chi connectivity index (χ0) is 19.3. The molecule has 3 rings (SSSR count). The maximum absolute atomic E-state index is 12.7. The zero-order valence-electron chi connectivity index (χ0n) is 16.4. The minimum Gasteiger partial charge on any atom is -0.378 e. The Bertz CT molecular complexity index is 551. The van der Waals surface area contributed by atoms with E-state index >= 15 is 0 Å². The molecule has 0 aromatic heterocycles. The van der Waals surface area contributed by atoms with Gasteiger partial charge in [0.05, 0.1) is 6.10 Å². The van der Waals surface area contributed by atoms with Crippen molar-refractivity contribution in [3.05, 3.63) is 0 Å². The largest absolute Gasteiger partial charge is 0.378 e. The highest BCUT2D eigenvalue weighted by atomic mass is 16.5. The Morgan fingerprint density at radius 3 is 2.59 bits per heavy atom. The Balaban J connectivity index is 1.36. The molecule has 1 heterocycles. The number of rotatable bonds is 7. The lowest BCUT2D eigenvalue weighted by Crippen LogP contribution is -2.49. The maximum Gasteiger partial charge on any atom is 0.325 e. The maximum atomic E-state index is 12.7. The van der Waals surface area contributed by atoms with Crippen molar-refractivity contribution in [2.24, 2.45) is 5.92 Å². The topological polar surface area (TPSA) is 87.7 Å². The molecule has 0 radical (unpaired) electrons. The zero-order valence-corrected chi connectivity index (χ0v) is 16.4. The van der Waals surface area contributed by atoms with Crippen LogP contribution in [-0.2, 0) is 14.3 Å². The molecule has 3 fully saturated rings. The van der Waals surface area contributed by atoms with E-state index in [-0.39, 0.29) is 18.4 Å². The van der Waals surface area contributed by atoms with E-state index in [1.807, 2.05) is 0 Å². The molecule has 0 unspecified atom stereocenters. The van der Waals surface area contributed by atoms with Crippen molar-refractivity contribution in [2.75, 3.05) is 19.7 Å². The lowest BCUT2D eigenvalue weighted by Gasteiger charge is -2.33. The summed E-state index contributed by atoms with van der Waals surface area (Å²) in [5.74, 6) is 0.0427. The number of nitrogens with one attached hydrogen (secondary N) is 2. The van der Waals surface area contributed by atoms with Crippen molar-refractivity contribution >= 4 is 17.8 Å². The number of carbonyl (C=O) groups excluding carboxylic acids is 3. The summed E-state index contributed by atoms with van der Waals surface area (Å²) in [6.45, 7) is 3.09. The lowest BCUT2D eigenvalue weighted by atomic mass is 9.77. The Morgan fingerprint density at radius 2 is 1.89 bits per heavy atom. The van der Waals surface area contributed by atoms with Crippen molar-refractivity contribution in [3.63, 3.8) is 0 Å². The number of hydrogen-bond donors (Lipinski definition) is 2. The molecule has 1 saturated heterocycles. The predicted octanol–water partition coefficient (Wildman–Crippen LogP) is 2.34. The molecule has 2 N–H and O–H groups in total. The monoisotopic (exact) mass is 379 g/mol. The first kappa shape index (κ1) is 20.1. The molecule has 1 spiro atoms. The van der Waals surface area contributed by atoms with Crippen LogP contribution in [0, 0.1) is 5.92 Å². The van der Waals surface area contributed by atoms with Crippen LogP contribution in [0.2, 0.25) is 0 Å². The molecule has 27 heavy (non-hydrogen) atoms. The predicted molar refractivity (Wildman–Crippen MR) is 101 cm³/mol. The van der Waals surface area contributed by atoms with Gasteiger partial charge in [-0.3, -0.25) is 14.5 Å². The first-order valence-corrected chi connectivity index (χ1v) is 10.5. The third-order valence-corrected chi connectivity index (χ3v) is 6.22. The molecule has 7 heteroatoms. The van der Waals surface area contributed by atoms with Crippen LogP contribution in [0.15, 0.2) is 0 Å². The highest BCUT2D eigenvalue weighted by Crippen LogP contribution is 2.36. The average molecular weight is 380 g/mol. The van der Waals surface area contributed by atoms with Gasteiger partial charge < -0.3 is 15.4 Å². The number of imide groups is 1. The lowest BCUT2D eigenvalue weighted by molar-refractivity contribution is -0.136. The molecule has 152 valence electrons. The van der Waals surface area contributed by atoms with Gasteiger partial charge in [-0.15, -0.1) is 0 Å². The molecule has 0 bridgehead atoms. The second-order valence-electron chi connectivity index (χ2n) is 8.42. The summed E-state index contributed by atoms with van der Waals surface area (Å²) >= 11 is 0. The minimum absolute atomic E-state index is 0.203. The second kappa shape index (κ2) is 9.04.